The van der Waals surface area contributed by atoms with E-state index in [0.717, 1.165) is 49.7 Å². The third-order valence-electron chi connectivity index (χ3n) is 4.32. The van der Waals surface area contributed by atoms with E-state index < -0.39 is 0 Å². The van der Waals surface area contributed by atoms with Crippen LogP contribution >= 0.6 is 11.3 Å². The Hall–Kier alpha value is -1.95. The van der Waals surface area contributed by atoms with Gasteiger partial charge >= 0.3 is 0 Å². The molecule has 1 aliphatic rings. The number of amides is 1. The first-order valence-electron chi connectivity index (χ1n) is 8.58. The van der Waals surface area contributed by atoms with Gasteiger partial charge in [-0.05, 0) is 37.8 Å². The number of aryl methyl sites for hydroxylation is 1. The number of nitrogens with zero attached hydrogens (tertiary/aromatic N) is 4. The largest absolute Gasteiger partial charge is 0.354 e. The van der Waals surface area contributed by atoms with Crippen molar-refractivity contribution in [3.63, 3.8) is 0 Å². The number of rotatable bonds is 5. The van der Waals surface area contributed by atoms with Crippen LogP contribution in [0.5, 0.6) is 0 Å². The maximum atomic E-state index is 12.9. The van der Waals surface area contributed by atoms with Gasteiger partial charge in [0.25, 0.3) is 5.91 Å². The number of aromatic nitrogens is 2. The number of carbonyl (C=O) groups is 1. The molecule has 1 saturated heterocycles. The fourth-order valence-electron chi connectivity index (χ4n) is 3.03. The molecular formula is C18H24N4OS. The van der Waals surface area contributed by atoms with Gasteiger partial charge in [-0.3, -0.25) is 4.79 Å². The third kappa shape index (κ3) is 3.75. The number of likely N-dealkylation sites (tertiary alicyclic amines) is 1. The summed E-state index contributed by atoms with van der Waals surface area (Å²) in [5, 5.41) is 1.14. The molecule has 24 heavy (non-hydrogen) atoms. The molecule has 128 valence electrons. The molecule has 0 unspecified atom stereocenters. The molecule has 1 amide bonds. The minimum Gasteiger partial charge on any atom is -0.354 e. The van der Waals surface area contributed by atoms with Crippen LogP contribution in [0.15, 0.2) is 24.5 Å². The minimum atomic E-state index is 0.100. The molecule has 0 spiro atoms. The van der Waals surface area contributed by atoms with E-state index in [1.807, 2.05) is 35.2 Å². The summed E-state index contributed by atoms with van der Waals surface area (Å²) in [4.78, 5) is 27.0. The van der Waals surface area contributed by atoms with Gasteiger partial charge in [0, 0.05) is 37.4 Å². The van der Waals surface area contributed by atoms with Crippen LogP contribution in [0.2, 0.25) is 0 Å². The van der Waals surface area contributed by atoms with Crippen LogP contribution in [0.4, 0.5) is 5.82 Å². The summed E-state index contributed by atoms with van der Waals surface area (Å²) < 4.78 is 0. The lowest BCUT2D eigenvalue weighted by Gasteiger charge is -2.28. The zero-order valence-electron chi connectivity index (χ0n) is 14.4. The predicted molar refractivity (Wildman–Crippen MR) is 97.6 cm³/mol. The van der Waals surface area contributed by atoms with Gasteiger partial charge < -0.3 is 9.80 Å². The first kappa shape index (κ1) is 16.9. The molecule has 1 aliphatic heterocycles. The van der Waals surface area contributed by atoms with Crippen LogP contribution in [-0.2, 0) is 13.0 Å². The zero-order valence-corrected chi connectivity index (χ0v) is 15.2. The van der Waals surface area contributed by atoms with Gasteiger partial charge in [-0.15, -0.1) is 11.3 Å². The summed E-state index contributed by atoms with van der Waals surface area (Å²) >= 11 is 1.72. The van der Waals surface area contributed by atoms with E-state index in [9.17, 15) is 4.79 Å². The Labute approximate surface area is 147 Å². The van der Waals surface area contributed by atoms with Gasteiger partial charge in [0.1, 0.15) is 5.82 Å². The molecule has 0 aliphatic carbocycles. The number of pyridine rings is 1. The molecule has 0 aromatic carbocycles. The molecule has 0 atom stereocenters. The van der Waals surface area contributed by atoms with E-state index in [4.69, 9.17) is 0 Å². The number of carbonyl (C=O) groups excluding carboxylic acids is 1. The topological polar surface area (TPSA) is 49.3 Å². The highest BCUT2D eigenvalue weighted by Gasteiger charge is 2.22. The molecule has 2 aromatic rings. The van der Waals surface area contributed by atoms with Crippen LogP contribution in [0, 0.1) is 0 Å². The Kier molecular flexibility index (Phi) is 5.45. The molecule has 2 aromatic heterocycles. The Morgan fingerprint density at radius 2 is 2.08 bits per heavy atom. The van der Waals surface area contributed by atoms with Crippen molar-refractivity contribution >= 4 is 23.1 Å². The van der Waals surface area contributed by atoms with Crippen molar-refractivity contribution in [2.24, 2.45) is 0 Å². The molecule has 5 nitrogen and oxygen atoms in total. The summed E-state index contributed by atoms with van der Waals surface area (Å²) in [7, 11) is 1.99. The Morgan fingerprint density at radius 3 is 2.79 bits per heavy atom. The quantitative estimate of drug-likeness (QED) is 0.834. The Morgan fingerprint density at radius 1 is 1.29 bits per heavy atom. The van der Waals surface area contributed by atoms with E-state index in [2.05, 4.69) is 16.9 Å². The zero-order chi connectivity index (χ0) is 16.9. The lowest BCUT2D eigenvalue weighted by molar-refractivity contribution is 0.0724. The molecule has 1 fully saturated rings. The maximum absolute atomic E-state index is 12.9. The van der Waals surface area contributed by atoms with E-state index >= 15 is 0 Å². The SMILES string of the molecule is CCc1ncc(CN(C)c2ncccc2C(=O)N2CCCCC2)s1. The molecule has 3 heterocycles. The van der Waals surface area contributed by atoms with Gasteiger partial charge in [0.2, 0.25) is 0 Å². The van der Waals surface area contributed by atoms with Crippen LogP contribution < -0.4 is 4.90 Å². The highest BCUT2D eigenvalue weighted by Crippen LogP contribution is 2.23. The first-order valence-corrected chi connectivity index (χ1v) is 9.39. The fraction of sp³-hybridized carbons (Fsp3) is 0.500. The van der Waals surface area contributed by atoms with Gasteiger partial charge in [-0.1, -0.05) is 6.92 Å². The van der Waals surface area contributed by atoms with E-state index in [1.54, 1.807) is 17.5 Å². The Balaban J connectivity index is 1.78. The summed E-state index contributed by atoms with van der Waals surface area (Å²) in [5.74, 6) is 0.850. The number of hydrogen-bond acceptors (Lipinski definition) is 5. The molecule has 0 radical (unpaired) electrons. The summed E-state index contributed by atoms with van der Waals surface area (Å²) in [6, 6.07) is 3.73. The molecule has 0 N–H and O–H groups in total. The second kappa shape index (κ2) is 7.75. The second-order valence-electron chi connectivity index (χ2n) is 6.16. The van der Waals surface area contributed by atoms with Crippen molar-refractivity contribution in [1.82, 2.24) is 14.9 Å². The highest BCUT2D eigenvalue weighted by molar-refractivity contribution is 7.11. The second-order valence-corrected chi connectivity index (χ2v) is 7.36. The van der Waals surface area contributed by atoms with Gasteiger partial charge in [0.15, 0.2) is 0 Å². The molecule has 3 rings (SSSR count). The highest BCUT2D eigenvalue weighted by atomic mass is 32.1. The third-order valence-corrected chi connectivity index (χ3v) is 5.45. The molecule has 0 saturated carbocycles. The average molecular weight is 344 g/mol. The lowest BCUT2D eigenvalue weighted by Crippen LogP contribution is -2.36. The number of hydrogen-bond donors (Lipinski definition) is 0. The van der Waals surface area contributed by atoms with Crippen LogP contribution in [0.25, 0.3) is 0 Å². The lowest BCUT2D eigenvalue weighted by atomic mass is 10.1. The monoisotopic (exact) mass is 344 g/mol. The molecule has 6 heteroatoms. The van der Waals surface area contributed by atoms with Crippen LogP contribution in [0.1, 0.15) is 46.4 Å². The van der Waals surface area contributed by atoms with Crippen LogP contribution in [-0.4, -0.2) is 40.9 Å². The average Bonchev–Trinajstić information content (AvgIpc) is 3.09. The maximum Gasteiger partial charge on any atom is 0.257 e. The van der Waals surface area contributed by atoms with Crippen molar-refractivity contribution in [3.05, 3.63) is 40.0 Å². The number of piperidine rings is 1. The van der Waals surface area contributed by atoms with Crippen molar-refractivity contribution in [3.8, 4) is 0 Å². The Bertz CT molecular complexity index is 694. The number of anilines is 1. The molecular weight excluding hydrogens is 320 g/mol. The van der Waals surface area contributed by atoms with Crippen molar-refractivity contribution in [1.29, 1.82) is 0 Å². The van der Waals surface area contributed by atoms with Crippen molar-refractivity contribution in [2.75, 3.05) is 25.0 Å². The predicted octanol–water partition coefficient (Wildman–Crippen LogP) is 3.36. The standard InChI is InChI=1S/C18H24N4OS/c1-3-16-20-12-14(24-16)13-21(2)17-15(8-7-9-19-17)18(23)22-10-5-4-6-11-22/h7-9,12H,3-6,10-11,13H2,1-2H3. The normalized spacial score (nSPS) is 14.7. The van der Waals surface area contributed by atoms with E-state index in [0.29, 0.717) is 5.56 Å². The summed E-state index contributed by atoms with van der Waals surface area (Å²) in [5.41, 5.74) is 0.696. The van der Waals surface area contributed by atoms with Crippen molar-refractivity contribution in [2.45, 2.75) is 39.2 Å². The fourth-order valence-corrected chi connectivity index (χ4v) is 3.94. The van der Waals surface area contributed by atoms with Crippen LogP contribution in [0.3, 0.4) is 0 Å². The minimum absolute atomic E-state index is 0.100. The molecule has 0 bridgehead atoms. The van der Waals surface area contributed by atoms with Gasteiger partial charge in [-0.2, -0.15) is 0 Å². The smallest absolute Gasteiger partial charge is 0.257 e. The summed E-state index contributed by atoms with van der Waals surface area (Å²) in [6.07, 6.45) is 8.04. The number of thiazole rings is 1. The first-order chi connectivity index (χ1) is 11.7. The van der Waals surface area contributed by atoms with E-state index in [-0.39, 0.29) is 5.91 Å². The van der Waals surface area contributed by atoms with Crippen molar-refractivity contribution < 1.29 is 4.79 Å². The van der Waals surface area contributed by atoms with Gasteiger partial charge in [0.05, 0.1) is 17.1 Å². The summed E-state index contributed by atoms with van der Waals surface area (Å²) in [6.45, 7) is 4.53. The van der Waals surface area contributed by atoms with E-state index in [1.165, 1.54) is 11.3 Å². The van der Waals surface area contributed by atoms with Gasteiger partial charge in [-0.25, -0.2) is 9.97 Å².